The lowest BCUT2D eigenvalue weighted by molar-refractivity contribution is 0.0698. The number of rotatable bonds is 3. The number of ether oxygens (including phenoxy) is 1. The second-order valence-electron chi connectivity index (χ2n) is 7.74. The van der Waals surface area contributed by atoms with E-state index in [0.717, 1.165) is 22.3 Å². The Hall–Kier alpha value is -3.16. The smallest absolute Gasteiger partial charge is 0.338 e. The number of hydrogen-bond donors (Lipinski definition) is 1. The number of aryl methyl sites for hydroxylation is 1. The first kappa shape index (κ1) is 19.8. The second-order valence-corrected chi connectivity index (χ2v) is 8.15. The van der Waals surface area contributed by atoms with Crippen molar-refractivity contribution in [3.63, 3.8) is 0 Å². The summed E-state index contributed by atoms with van der Waals surface area (Å²) in [7, 11) is 0. The number of halogens is 1. The quantitative estimate of drug-likeness (QED) is 0.510. The zero-order valence-corrected chi connectivity index (χ0v) is 17.9. The number of morpholine rings is 1. The van der Waals surface area contributed by atoms with E-state index in [-0.39, 0.29) is 11.6 Å². The number of carboxylic acids is 1. The van der Waals surface area contributed by atoms with Gasteiger partial charge in [0, 0.05) is 29.9 Å². The molecule has 3 heterocycles. The van der Waals surface area contributed by atoms with Gasteiger partial charge in [0.15, 0.2) is 0 Å². The Bertz CT molecular complexity index is 1330. The van der Waals surface area contributed by atoms with E-state index in [0.29, 0.717) is 41.6 Å². The largest absolute Gasteiger partial charge is 0.478 e. The molecule has 0 radical (unpaired) electrons. The van der Waals surface area contributed by atoms with Crippen molar-refractivity contribution >= 4 is 45.2 Å². The number of benzene rings is 2. The fraction of sp³-hybridized carbons (Fsp3) is 0.261. The molecule has 0 bridgehead atoms. The molecule has 2 aromatic heterocycles. The van der Waals surface area contributed by atoms with Gasteiger partial charge in [-0.3, -0.25) is 9.55 Å². The fourth-order valence-electron chi connectivity index (χ4n) is 4.34. The fourth-order valence-corrected chi connectivity index (χ4v) is 4.57. The van der Waals surface area contributed by atoms with Crippen molar-refractivity contribution in [3.8, 4) is 5.69 Å². The van der Waals surface area contributed by atoms with Crippen molar-refractivity contribution in [3.05, 3.63) is 59.0 Å². The zero-order chi connectivity index (χ0) is 21.7. The molecule has 5 rings (SSSR count). The van der Waals surface area contributed by atoms with Crippen LogP contribution in [0, 0.1) is 6.92 Å². The number of aromatic carboxylic acids is 1. The number of anilines is 1. The lowest BCUT2D eigenvalue weighted by atomic mass is 10.1. The maximum atomic E-state index is 12.1. The molecule has 8 heteroatoms. The van der Waals surface area contributed by atoms with Crippen LogP contribution in [0.3, 0.4) is 0 Å². The molecule has 1 aliphatic heterocycles. The number of para-hydroxylation sites is 1. The molecule has 1 fully saturated rings. The van der Waals surface area contributed by atoms with E-state index >= 15 is 0 Å². The van der Waals surface area contributed by atoms with Crippen LogP contribution in [0.1, 0.15) is 23.1 Å². The van der Waals surface area contributed by atoms with Gasteiger partial charge in [0.25, 0.3) is 0 Å². The van der Waals surface area contributed by atoms with E-state index in [1.54, 1.807) is 18.3 Å². The second kappa shape index (κ2) is 7.51. The van der Waals surface area contributed by atoms with E-state index < -0.39 is 5.97 Å². The van der Waals surface area contributed by atoms with Gasteiger partial charge in [-0.25, -0.2) is 9.78 Å². The Balaban J connectivity index is 1.82. The lowest BCUT2D eigenvalue weighted by Gasteiger charge is -2.35. The van der Waals surface area contributed by atoms with Gasteiger partial charge < -0.3 is 14.7 Å². The average Bonchev–Trinajstić information content (AvgIpc) is 3.08. The summed E-state index contributed by atoms with van der Waals surface area (Å²) >= 11 is 6.37. The maximum absolute atomic E-state index is 12.1. The van der Waals surface area contributed by atoms with Gasteiger partial charge >= 0.3 is 5.97 Å². The van der Waals surface area contributed by atoms with Gasteiger partial charge in [0.05, 0.1) is 40.5 Å². The number of pyridine rings is 1. The Kier molecular flexibility index (Phi) is 4.79. The molecular formula is C23H21ClN4O3. The highest BCUT2D eigenvalue weighted by molar-refractivity contribution is 6.35. The van der Waals surface area contributed by atoms with Crippen molar-refractivity contribution in [1.82, 2.24) is 14.5 Å². The average molecular weight is 437 g/mol. The van der Waals surface area contributed by atoms with Gasteiger partial charge in [-0.1, -0.05) is 23.7 Å². The highest BCUT2D eigenvalue weighted by atomic mass is 35.5. The molecule has 0 unspecified atom stereocenters. The van der Waals surface area contributed by atoms with Crippen LogP contribution in [0.4, 0.5) is 5.69 Å². The first-order chi connectivity index (χ1) is 15.0. The van der Waals surface area contributed by atoms with E-state index in [4.69, 9.17) is 16.3 Å². The molecule has 1 aliphatic rings. The summed E-state index contributed by atoms with van der Waals surface area (Å²) < 4.78 is 7.54. The van der Waals surface area contributed by atoms with E-state index in [9.17, 15) is 9.90 Å². The molecule has 1 atom stereocenters. The minimum absolute atomic E-state index is 0.144. The molecule has 1 N–H and O–H groups in total. The number of fused-ring (bicyclic) bond motifs is 2. The summed E-state index contributed by atoms with van der Waals surface area (Å²) in [4.78, 5) is 23.4. The summed E-state index contributed by atoms with van der Waals surface area (Å²) in [5.41, 5.74) is 3.78. The lowest BCUT2D eigenvalue weighted by Crippen LogP contribution is -2.43. The normalized spacial score (nSPS) is 16.9. The third kappa shape index (κ3) is 3.21. The first-order valence-corrected chi connectivity index (χ1v) is 10.5. The third-order valence-corrected chi connectivity index (χ3v) is 6.09. The molecule has 1 saturated heterocycles. The molecular weight excluding hydrogens is 416 g/mol. The van der Waals surface area contributed by atoms with Crippen LogP contribution in [0.5, 0.6) is 0 Å². The molecule has 158 valence electrons. The monoisotopic (exact) mass is 436 g/mol. The number of imidazole rings is 1. The Labute approximate surface area is 183 Å². The van der Waals surface area contributed by atoms with Crippen molar-refractivity contribution in [2.24, 2.45) is 0 Å². The summed E-state index contributed by atoms with van der Waals surface area (Å²) in [5.74, 6) is -0.308. The van der Waals surface area contributed by atoms with Crippen LogP contribution in [-0.4, -0.2) is 51.4 Å². The van der Waals surface area contributed by atoms with Crippen molar-refractivity contribution in [1.29, 1.82) is 0 Å². The van der Waals surface area contributed by atoms with Crippen LogP contribution in [-0.2, 0) is 4.74 Å². The van der Waals surface area contributed by atoms with Gasteiger partial charge in [-0.15, -0.1) is 0 Å². The molecule has 0 aliphatic carbocycles. The number of hydrogen-bond acceptors (Lipinski definition) is 5. The Morgan fingerprint density at radius 1 is 1.26 bits per heavy atom. The number of carboxylic acid groups (broad SMARTS) is 1. The standard InChI is InChI=1S/C23H21ClN4O3/c1-13-12-31-9-8-27(13)15-10-17(23(29)30)22-20(11-15)28(14(2)26-22)19-6-7-25-21-16(19)4-3-5-18(21)24/h3-7,10-11,13H,8-9,12H2,1-2H3,(H,29,30)/t13-/m1/s1. The van der Waals surface area contributed by atoms with Crippen molar-refractivity contribution < 1.29 is 14.6 Å². The molecule has 7 nitrogen and oxygen atoms in total. The van der Waals surface area contributed by atoms with Gasteiger partial charge in [0.2, 0.25) is 0 Å². The Morgan fingerprint density at radius 2 is 2.10 bits per heavy atom. The van der Waals surface area contributed by atoms with E-state index in [2.05, 4.69) is 21.8 Å². The van der Waals surface area contributed by atoms with Crippen molar-refractivity contribution in [2.75, 3.05) is 24.7 Å². The molecule has 0 spiro atoms. The predicted octanol–water partition coefficient (Wildman–Crippen LogP) is 4.46. The minimum atomic E-state index is -1.000. The maximum Gasteiger partial charge on any atom is 0.338 e. The minimum Gasteiger partial charge on any atom is -0.478 e. The van der Waals surface area contributed by atoms with Crippen LogP contribution in [0.15, 0.2) is 42.6 Å². The third-order valence-electron chi connectivity index (χ3n) is 5.78. The molecule has 2 aromatic carbocycles. The molecule has 0 saturated carbocycles. The highest BCUT2D eigenvalue weighted by Crippen LogP contribution is 2.34. The number of carbonyl (C=O) groups is 1. The summed E-state index contributed by atoms with van der Waals surface area (Å²) in [6, 6.07) is 11.4. The van der Waals surface area contributed by atoms with Crippen LogP contribution in [0.2, 0.25) is 5.02 Å². The summed E-state index contributed by atoms with van der Waals surface area (Å²) in [5, 5.41) is 11.4. The van der Waals surface area contributed by atoms with Crippen LogP contribution >= 0.6 is 11.6 Å². The number of nitrogens with zero attached hydrogens (tertiary/aromatic N) is 4. The zero-order valence-electron chi connectivity index (χ0n) is 17.2. The molecule has 0 amide bonds. The first-order valence-electron chi connectivity index (χ1n) is 10.1. The predicted molar refractivity (Wildman–Crippen MR) is 121 cm³/mol. The van der Waals surface area contributed by atoms with Gasteiger partial charge in [-0.2, -0.15) is 0 Å². The van der Waals surface area contributed by atoms with Crippen molar-refractivity contribution in [2.45, 2.75) is 19.9 Å². The molecule has 31 heavy (non-hydrogen) atoms. The van der Waals surface area contributed by atoms with Crippen LogP contribution < -0.4 is 4.90 Å². The topological polar surface area (TPSA) is 80.5 Å². The Morgan fingerprint density at radius 3 is 2.87 bits per heavy atom. The highest BCUT2D eigenvalue weighted by Gasteiger charge is 2.24. The van der Waals surface area contributed by atoms with E-state index in [1.165, 1.54) is 0 Å². The summed E-state index contributed by atoms with van der Waals surface area (Å²) in [6.07, 6.45) is 1.71. The molecule has 4 aromatic rings. The van der Waals surface area contributed by atoms with E-state index in [1.807, 2.05) is 35.8 Å². The number of aromatic nitrogens is 3. The SMILES string of the molecule is Cc1nc2c(C(=O)O)cc(N3CCOC[C@H]3C)cc2n1-c1ccnc2c(Cl)cccc12. The van der Waals surface area contributed by atoms with Crippen LogP contribution in [0.25, 0.3) is 27.6 Å². The summed E-state index contributed by atoms with van der Waals surface area (Å²) in [6.45, 7) is 5.86. The van der Waals surface area contributed by atoms with Gasteiger partial charge in [0.1, 0.15) is 11.3 Å². The van der Waals surface area contributed by atoms with Gasteiger partial charge in [-0.05, 0) is 38.1 Å².